The maximum Gasteiger partial charge on any atom is 0.293 e. The minimum atomic E-state index is -0.632. The van der Waals surface area contributed by atoms with Gasteiger partial charge in [-0.2, -0.15) is 0 Å². The summed E-state index contributed by atoms with van der Waals surface area (Å²) in [7, 11) is 0. The molecule has 1 aliphatic heterocycles. The Bertz CT molecular complexity index is 1350. The predicted octanol–water partition coefficient (Wildman–Crippen LogP) is 3.72. The van der Waals surface area contributed by atoms with E-state index in [1.165, 1.54) is 18.7 Å². The zero-order chi connectivity index (χ0) is 23.7. The molecule has 0 fully saturated rings. The van der Waals surface area contributed by atoms with Crippen LogP contribution in [0, 0.1) is 0 Å². The van der Waals surface area contributed by atoms with E-state index in [1.54, 1.807) is 9.58 Å². The van der Waals surface area contributed by atoms with Crippen LogP contribution in [0.25, 0.3) is 11.3 Å². The van der Waals surface area contributed by atoms with Crippen molar-refractivity contribution in [2.75, 3.05) is 11.2 Å². The van der Waals surface area contributed by atoms with Crippen molar-refractivity contribution in [2.45, 2.75) is 24.9 Å². The molecule has 1 aromatic heterocycles. The number of carbonyl (C=O) groups excluding carboxylic acids is 1. The Morgan fingerprint density at radius 1 is 1.06 bits per heavy atom. The van der Waals surface area contributed by atoms with E-state index in [0.717, 1.165) is 11.1 Å². The van der Waals surface area contributed by atoms with Crippen LogP contribution in [0.1, 0.15) is 24.2 Å². The van der Waals surface area contributed by atoms with E-state index in [-0.39, 0.29) is 11.8 Å². The lowest BCUT2D eigenvalue weighted by atomic mass is 10.0. The molecule has 0 saturated carbocycles. The Kier molecular flexibility index (Phi) is 5.90. The number of nitrogens with zero attached hydrogens (tertiary/aromatic N) is 4. The molecule has 1 aliphatic rings. The standard InChI is InChI=1S/C26H22N4O3S/c1-17(31)29-22-11-7-6-10-21(22)23-24(32)27-26(34-2)28-30(23)25(29)19-12-14-20(15-13-19)33-16-18-8-4-3-5-9-18/h3-15,25H,16H2,1-2H3. The first kappa shape index (κ1) is 21.9. The molecular weight excluding hydrogens is 448 g/mol. The van der Waals surface area contributed by atoms with Crippen molar-refractivity contribution in [3.63, 3.8) is 0 Å². The van der Waals surface area contributed by atoms with E-state index in [1.807, 2.05) is 85.1 Å². The minimum Gasteiger partial charge on any atom is -0.854 e. The second kappa shape index (κ2) is 9.15. The second-order valence-electron chi connectivity index (χ2n) is 7.82. The first-order valence-corrected chi connectivity index (χ1v) is 12.0. The van der Waals surface area contributed by atoms with Crippen molar-refractivity contribution < 1.29 is 19.3 Å². The maximum absolute atomic E-state index is 13.0. The van der Waals surface area contributed by atoms with Crippen LogP contribution < -0.4 is 19.4 Å². The van der Waals surface area contributed by atoms with Gasteiger partial charge in [-0.15, -0.1) is 0 Å². The SMILES string of the molecule is CSc1nc([O-])c2[n+](n1)C(c1ccc(OCc3ccccc3)cc1)N(C(C)=O)c1ccccc1-2. The van der Waals surface area contributed by atoms with Gasteiger partial charge in [0.25, 0.3) is 17.0 Å². The fourth-order valence-corrected chi connectivity index (χ4v) is 4.48. The lowest BCUT2D eigenvalue weighted by Gasteiger charge is -2.32. The van der Waals surface area contributed by atoms with Crippen LogP contribution in [0.2, 0.25) is 0 Å². The molecule has 4 aromatic rings. The van der Waals surface area contributed by atoms with E-state index in [2.05, 4.69) is 10.1 Å². The number of anilines is 1. The Hall–Kier alpha value is -3.91. The average Bonchev–Trinajstić information content (AvgIpc) is 2.87. The maximum atomic E-state index is 13.0. The molecule has 1 unspecified atom stereocenters. The van der Waals surface area contributed by atoms with Crippen molar-refractivity contribution in [1.29, 1.82) is 0 Å². The third-order valence-corrected chi connectivity index (χ3v) is 6.20. The molecule has 8 heteroatoms. The van der Waals surface area contributed by atoms with Crippen LogP contribution in [-0.4, -0.2) is 22.2 Å². The summed E-state index contributed by atoms with van der Waals surface area (Å²) in [6.45, 7) is 1.97. The van der Waals surface area contributed by atoms with Gasteiger partial charge in [-0.05, 0) is 48.2 Å². The van der Waals surface area contributed by atoms with Gasteiger partial charge in [0, 0.05) is 17.6 Å². The summed E-state index contributed by atoms with van der Waals surface area (Å²) in [5.74, 6) is 0.181. The monoisotopic (exact) mass is 470 g/mol. The lowest BCUT2D eigenvalue weighted by Crippen LogP contribution is -2.58. The zero-order valence-corrected chi connectivity index (χ0v) is 19.5. The number of thioether (sulfide) groups is 1. The highest BCUT2D eigenvalue weighted by Crippen LogP contribution is 2.40. The van der Waals surface area contributed by atoms with E-state index < -0.39 is 6.17 Å². The Labute approximate surface area is 201 Å². The van der Waals surface area contributed by atoms with Gasteiger partial charge in [-0.3, -0.25) is 4.79 Å². The fourth-order valence-electron chi connectivity index (χ4n) is 4.14. The summed E-state index contributed by atoms with van der Waals surface area (Å²) in [6, 6.07) is 24.8. The number of hydrogen-bond donors (Lipinski definition) is 0. The molecule has 0 aliphatic carbocycles. The highest BCUT2D eigenvalue weighted by molar-refractivity contribution is 7.98. The summed E-state index contributed by atoms with van der Waals surface area (Å²) in [5, 5.41) is 18.0. The Morgan fingerprint density at radius 2 is 1.76 bits per heavy atom. The number of benzene rings is 3. The summed E-state index contributed by atoms with van der Waals surface area (Å²) in [6.07, 6.45) is 1.18. The van der Waals surface area contributed by atoms with Crippen molar-refractivity contribution in [2.24, 2.45) is 0 Å². The van der Waals surface area contributed by atoms with Crippen molar-refractivity contribution >= 4 is 23.4 Å². The molecule has 3 aromatic carbocycles. The number of fused-ring (bicyclic) bond motifs is 3. The van der Waals surface area contributed by atoms with Gasteiger partial charge in [0.2, 0.25) is 5.91 Å². The summed E-state index contributed by atoms with van der Waals surface area (Å²) in [4.78, 5) is 18.7. The number of para-hydroxylation sites is 1. The van der Waals surface area contributed by atoms with Gasteiger partial charge in [-0.25, -0.2) is 9.88 Å². The van der Waals surface area contributed by atoms with E-state index in [0.29, 0.717) is 34.5 Å². The normalized spacial score (nSPS) is 14.3. The molecule has 0 radical (unpaired) electrons. The van der Waals surface area contributed by atoms with Gasteiger partial charge in [0.15, 0.2) is 0 Å². The third kappa shape index (κ3) is 3.97. The first-order chi connectivity index (χ1) is 16.6. The number of carbonyl (C=O) groups is 1. The fraction of sp³-hybridized carbons (Fsp3) is 0.154. The molecule has 0 saturated heterocycles. The molecule has 2 heterocycles. The van der Waals surface area contributed by atoms with Crippen LogP contribution >= 0.6 is 11.8 Å². The van der Waals surface area contributed by atoms with Gasteiger partial charge >= 0.3 is 0 Å². The van der Waals surface area contributed by atoms with Crippen LogP contribution in [0.3, 0.4) is 0 Å². The summed E-state index contributed by atoms with van der Waals surface area (Å²) < 4.78 is 7.54. The van der Waals surface area contributed by atoms with Crippen molar-refractivity contribution in [1.82, 2.24) is 10.1 Å². The van der Waals surface area contributed by atoms with Crippen LogP contribution in [0.4, 0.5) is 5.69 Å². The topological polar surface area (TPSA) is 82.3 Å². The van der Waals surface area contributed by atoms with E-state index in [9.17, 15) is 9.90 Å². The molecule has 34 heavy (non-hydrogen) atoms. The summed E-state index contributed by atoms with van der Waals surface area (Å²) in [5.41, 5.74) is 3.52. The lowest BCUT2D eigenvalue weighted by molar-refractivity contribution is -0.764. The van der Waals surface area contributed by atoms with Gasteiger partial charge in [0.05, 0.1) is 17.1 Å². The van der Waals surface area contributed by atoms with Gasteiger partial charge in [-0.1, -0.05) is 58.9 Å². The van der Waals surface area contributed by atoms with Crippen molar-refractivity contribution in [3.8, 4) is 22.9 Å². The number of aromatic nitrogens is 3. The van der Waals surface area contributed by atoms with Gasteiger partial charge in [0.1, 0.15) is 12.4 Å². The molecule has 5 rings (SSSR count). The molecule has 1 amide bonds. The van der Waals surface area contributed by atoms with Crippen LogP contribution in [-0.2, 0) is 11.4 Å². The molecule has 170 valence electrons. The number of ether oxygens (including phenoxy) is 1. The molecule has 0 N–H and O–H groups in total. The van der Waals surface area contributed by atoms with Gasteiger partial charge < -0.3 is 9.84 Å². The van der Waals surface area contributed by atoms with E-state index >= 15 is 0 Å². The number of hydrogen-bond acceptors (Lipinski definition) is 6. The van der Waals surface area contributed by atoms with Crippen LogP contribution in [0.15, 0.2) is 84.0 Å². The molecule has 0 bridgehead atoms. The second-order valence-corrected chi connectivity index (χ2v) is 8.59. The molecule has 7 nitrogen and oxygen atoms in total. The Balaban J connectivity index is 1.57. The summed E-state index contributed by atoms with van der Waals surface area (Å²) >= 11 is 1.28. The highest BCUT2D eigenvalue weighted by atomic mass is 32.2. The molecule has 1 atom stereocenters. The van der Waals surface area contributed by atoms with E-state index in [4.69, 9.17) is 4.74 Å². The third-order valence-electron chi connectivity index (χ3n) is 5.67. The van der Waals surface area contributed by atoms with Crippen molar-refractivity contribution in [3.05, 3.63) is 90.0 Å². The molecule has 0 spiro atoms. The predicted molar refractivity (Wildman–Crippen MR) is 127 cm³/mol. The zero-order valence-electron chi connectivity index (χ0n) is 18.7. The minimum absolute atomic E-state index is 0.156. The quantitative estimate of drug-likeness (QED) is 0.327. The smallest absolute Gasteiger partial charge is 0.293 e. The first-order valence-electron chi connectivity index (χ1n) is 10.8. The largest absolute Gasteiger partial charge is 0.854 e. The highest BCUT2D eigenvalue weighted by Gasteiger charge is 2.43. The average molecular weight is 471 g/mol. The van der Waals surface area contributed by atoms with Crippen LogP contribution in [0.5, 0.6) is 11.6 Å². The Morgan fingerprint density at radius 3 is 2.47 bits per heavy atom. The number of rotatable bonds is 5. The molecular formula is C26H22N4O3S. The number of amides is 1.